The summed E-state index contributed by atoms with van der Waals surface area (Å²) in [4.78, 5) is 2.27. The van der Waals surface area contributed by atoms with Gasteiger partial charge < -0.3 is 5.73 Å². The van der Waals surface area contributed by atoms with E-state index in [1.165, 1.54) is 11.6 Å². The number of hydrogen-bond donors (Lipinski definition) is 1. The molecule has 104 valence electrons. The first-order valence-corrected chi connectivity index (χ1v) is 6.82. The average Bonchev–Trinajstić information content (AvgIpc) is 2.32. The van der Waals surface area contributed by atoms with Crippen LogP contribution in [0.4, 0.5) is 10.1 Å². The number of hydrogen-bond acceptors (Lipinski definition) is 2. The Morgan fingerprint density at radius 3 is 2.58 bits per heavy atom. The summed E-state index contributed by atoms with van der Waals surface area (Å²) in [7, 11) is 0. The van der Waals surface area contributed by atoms with Crippen LogP contribution in [0.1, 0.15) is 32.8 Å². The van der Waals surface area contributed by atoms with Crippen LogP contribution in [-0.4, -0.2) is 18.0 Å². The van der Waals surface area contributed by atoms with Gasteiger partial charge in [-0.2, -0.15) is 0 Å². The molecule has 0 bridgehead atoms. The van der Waals surface area contributed by atoms with E-state index in [1.807, 2.05) is 0 Å². The van der Waals surface area contributed by atoms with Gasteiger partial charge in [-0.25, -0.2) is 4.39 Å². The lowest BCUT2D eigenvalue weighted by molar-refractivity contribution is 0.268. The Kier molecular flexibility index (Phi) is 3.95. The smallest absolute Gasteiger partial charge is 0.129 e. The summed E-state index contributed by atoms with van der Waals surface area (Å²) < 4.78 is 13.7. The molecule has 2 N–H and O–H groups in total. The lowest BCUT2D eigenvalue weighted by atomic mass is 9.83. The molecule has 1 aliphatic rings. The summed E-state index contributed by atoms with van der Waals surface area (Å²) in [6.07, 6.45) is 3.36. The molecule has 1 aliphatic heterocycles. The summed E-state index contributed by atoms with van der Waals surface area (Å²) in [5.74, 6) is -0.203. The van der Waals surface area contributed by atoms with Crippen molar-refractivity contribution < 1.29 is 4.39 Å². The molecule has 0 atom stereocenters. The van der Waals surface area contributed by atoms with Gasteiger partial charge >= 0.3 is 0 Å². The van der Waals surface area contributed by atoms with Crippen molar-refractivity contribution in [2.75, 3.05) is 18.8 Å². The van der Waals surface area contributed by atoms with Gasteiger partial charge in [0.15, 0.2) is 0 Å². The molecule has 1 aromatic carbocycles. The lowest BCUT2D eigenvalue weighted by Gasteiger charge is -2.32. The fourth-order valence-corrected chi connectivity index (χ4v) is 2.47. The minimum Gasteiger partial charge on any atom is -0.399 e. The first-order chi connectivity index (χ1) is 8.86. The molecule has 1 aromatic rings. The van der Waals surface area contributed by atoms with Crippen LogP contribution >= 0.6 is 0 Å². The fraction of sp³-hybridized carbons (Fsp3) is 0.500. The molecule has 3 heteroatoms. The summed E-state index contributed by atoms with van der Waals surface area (Å²) in [6.45, 7) is 9.28. The first kappa shape index (κ1) is 14.1. The molecule has 0 fully saturated rings. The number of nitrogen functional groups attached to an aromatic ring is 1. The number of rotatable bonds is 2. The molecule has 2 rings (SSSR count). The van der Waals surface area contributed by atoms with E-state index >= 15 is 0 Å². The molecule has 0 aromatic heterocycles. The maximum atomic E-state index is 13.7. The maximum absolute atomic E-state index is 13.7. The Morgan fingerprint density at radius 1 is 1.32 bits per heavy atom. The molecular weight excluding hydrogens is 239 g/mol. The second kappa shape index (κ2) is 5.33. The lowest BCUT2D eigenvalue weighted by Crippen LogP contribution is -2.31. The van der Waals surface area contributed by atoms with E-state index in [-0.39, 0.29) is 11.2 Å². The zero-order chi connectivity index (χ0) is 14.0. The van der Waals surface area contributed by atoms with Gasteiger partial charge in [-0.05, 0) is 24.0 Å². The highest BCUT2D eigenvalue weighted by Crippen LogP contribution is 2.30. The summed E-state index contributed by atoms with van der Waals surface area (Å²) in [6, 6.07) is 4.95. The van der Waals surface area contributed by atoms with E-state index in [4.69, 9.17) is 5.73 Å². The molecular formula is C16H23FN2. The van der Waals surface area contributed by atoms with Crippen molar-refractivity contribution in [3.05, 3.63) is 41.2 Å². The Bertz CT molecular complexity index is 486. The summed E-state index contributed by atoms with van der Waals surface area (Å²) in [5.41, 5.74) is 8.52. The fourth-order valence-electron chi connectivity index (χ4n) is 2.47. The normalized spacial score (nSPS) is 17.4. The third kappa shape index (κ3) is 3.57. The number of halogens is 1. The van der Waals surface area contributed by atoms with Crippen LogP contribution in [0.2, 0.25) is 0 Å². The van der Waals surface area contributed by atoms with Crippen molar-refractivity contribution in [1.82, 2.24) is 4.90 Å². The van der Waals surface area contributed by atoms with Crippen molar-refractivity contribution in [1.29, 1.82) is 0 Å². The second-order valence-electron chi connectivity index (χ2n) is 6.32. The SMILES string of the molecule is CC(C)(C)C1=CCN(Cc2ccc(N)cc2F)CC1. The van der Waals surface area contributed by atoms with E-state index in [9.17, 15) is 4.39 Å². The maximum Gasteiger partial charge on any atom is 0.129 e. The molecule has 0 unspecified atom stereocenters. The van der Waals surface area contributed by atoms with Crippen LogP contribution in [-0.2, 0) is 6.54 Å². The largest absolute Gasteiger partial charge is 0.399 e. The second-order valence-corrected chi connectivity index (χ2v) is 6.32. The zero-order valence-corrected chi connectivity index (χ0v) is 12.0. The number of benzene rings is 1. The topological polar surface area (TPSA) is 29.3 Å². The van der Waals surface area contributed by atoms with Crippen molar-refractivity contribution in [2.24, 2.45) is 5.41 Å². The van der Waals surface area contributed by atoms with Crippen LogP contribution in [0.3, 0.4) is 0 Å². The van der Waals surface area contributed by atoms with Crippen LogP contribution in [0.5, 0.6) is 0 Å². The van der Waals surface area contributed by atoms with Gasteiger partial charge in [0.25, 0.3) is 0 Å². The number of anilines is 1. The van der Waals surface area contributed by atoms with Gasteiger partial charge in [-0.1, -0.05) is 38.5 Å². The highest BCUT2D eigenvalue weighted by molar-refractivity contribution is 5.40. The molecule has 0 saturated carbocycles. The van der Waals surface area contributed by atoms with Crippen LogP contribution < -0.4 is 5.73 Å². The third-order valence-electron chi connectivity index (χ3n) is 3.73. The minimum atomic E-state index is -0.203. The Hall–Kier alpha value is -1.35. The van der Waals surface area contributed by atoms with E-state index in [0.29, 0.717) is 12.2 Å². The van der Waals surface area contributed by atoms with Gasteiger partial charge in [0.05, 0.1) is 0 Å². The highest BCUT2D eigenvalue weighted by Gasteiger charge is 2.21. The number of nitrogens with two attached hydrogens (primary N) is 1. The Morgan fingerprint density at radius 2 is 2.05 bits per heavy atom. The van der Waals surface area contributed by atoms with Crippen molar-refractivity contribution in [3.63, 3.8) is 0 Å². The van der Waals surface area contributed by atoms with Crippen LogP contribution in [0.25, 0.3) is 0 Å². The minimum absolute atomic E-state index is 0.203. The molecule has 19 heavy (non-hydrogen) atoms. The Labute approximate surface area is 115 Å². The molecule has 0 saturated heterocycles. The van der Waals surface area contributed by atoms with E-state index < -0.39 is 0 Å². The van der Waals surface area contributed by atoms with E-state index in [0.717, 1.165) is 25.1 Å². The standard InChI is InChI=1S/C16H23FN2/c1-16(2,3)13-6-8-19(9-7-13)11-12-4-5-14(18)10-15(12)17/h4-6,10H,7-9,11,18H2,1-3H3. The van der Waals surface area contributed by atoms with Gasteiger partial charge in [0.1, 0.15) is 5.82 Å². The third-order valence-corrected chi connectivity index (χ3v) is 3.73. The molecule has 2 nitrogen and oxygen atoms in total. The van der Waals surface area contributed by atoms with Crippen molar-refractivity contribution in [3.8, 4) is 0 Å². The van der Waals surface area contributed by atoms with Gasteiger partial charge in [-0.15, -0.1) is 0 Å². The Balaban J connectivity index is 2.01. The van der Waals surface area contributed by atoms with Crippen molar-refractivity contribution >= 4 is 5.69 Å². The predicted octanol–water partition coefficient (Wildman–Crippen LogP) is 3.59. The van der Waals surface area contributed by atoms with Crippen LogP contribution in [0, 0.1) is 11.2 Å². The average molecular weight is 262 g/mol. The van der Waals surface area contributed by atoms with Gasteiger partial charge in [0.2, 0.25) is 0 Å². The molecule has 0 amide bonds. The molecule has 0 radical (unpaired) electrons. The van der Waals surface area contributed by atoms with Crippen molar-refractivity contribution in [2.45, 2.75) is 33.7 Å². The zero-order valence-electron chi connectivity index (χ0n) is 12.0. The quantitative estimate of drug-likeness (QED) is 0.652. The summed E-state index contributed by atoms with van der Waals surface area (Å²) >= 11 is 0. The molecule has 1 heterocycles. The van der Waals surface area contributed by atoms with Gasteiger partial charge in [-0.3, -0.25) is 4.90 Å². The van der Waals surface area contributed by atoms with Gasteiger partial charge in [0, 0.05) is 30.9 Å². The van der Waals surface area contributed by atoms with Crippen LogP contribution in [0.15, 0.2) is 29.8 Å². The van der Waals surface area contributed by atoms with E-state index in [2.05, 4.69) is 31.7 Å². The number of nitrogens with zero attached hydrogens (tertiary/aromatic N) is 1. The summed E-state index contributed by atoms with van der Waals surface area (Å²) in [5, 5.41) is 0. The molecule has 0 spiro atoms. The van der Waals surface area contributed by atoms with E-state index in [1.54, 1.807) is 12.1 Å². The monoisotopic (exact) mass is 262 g/mol. The predicted molar refractivity (Wildman–Crippen MR) is 78.2 cm³/mol. The highest BCUT2D eigenvalue weighted by atomic mass is 19.1. The first-order valence-electron chi connectivity index (χ1n) is 6.82. The molecule has 0 aliphatic carbocycles.